The normalized spacial score (nSPS) is 23.8. The van der Waals surface area contributed by atoms with E-state index < -0.39 is 10.0 Å². The third-order valence-electron chi connectivity index (χ3n) is 5.53. The largest absolute Gasteiger partial charge is 0.371 e. The van der Waals surface area contributed by atoms with Gasteiger partial charge in [0.1, 0.15) is 5.84 Å². The molecule has 4 rings (SSSR count). The minimum atomic E-state index is -3.21. The minimum absolute atomic E-state index is 0.0382. The van der Waals surface area contributed by atoms with E-state index in [2.05, 4.69) is 15.4 Å². The highest BCUT2D eigenvalue weighted by Gasteiger charge is 2.42. The summed E-state index contributed by atoms with van der Waals surface area (Å²) in [6, 6.07) is 15.7. The molecule has 29 heavy (non-hydrogen) atoms. The number of para-hydroxylation sites is 2. The molecule has 2 aromatic rings. The summed E-state index contributed by atoms with van der Waals surface area (Å²) >= 11 is 6.12. The lowest BCUT2D eigenvalue weighted by Crippen LogP contribution is -2.57. The summed E-state index contributed by atoms with van der Waals surface area (Å²) in [5.41, 5.74) is 2.67. The van der Waals surface area contributed by atoms with Crippen molar-refractivity contribution in [1.29, 1.82) is 0 Å². The average molecular weight is 433 g/mol. The number of rotatable bonds is 4. The van der Waals surface area contributed by atoms with Gasteiger partial charge < -0.3 is 10.6 Å². The Morgan fingerprint density at radius 3 is 2.66 bits per heavy atom. The first-order chi connectivity index (χ1) is 13.8. The molecule has 1 saturated carbocycles. The highest BCUT2D eigenvalue weighted by Crippen LogP contribution is 2.40. The summed E-state index contributed by atoms with van der Waals surface area (Å²) in [5, 5.41) is 7.93. The fraction of sp³-hybridized carbons (Fsp3) is 0.381. The number of sulfonamides is 1. The molecular formula is C21H25ClN4O2S. The fourth-order valence-corrected chi connectivity index (χ4v) is 5.21. The Balaban J connectivity index is 1.56. The Bertz CT molecular complexity index is 1030. The Kier molecular flexibility index (Phi) is 5.55. The van der Waals surface area contributed by atoms with Gasteiger partial charge >= 0.3 is 0 Å². The summed E-state index contributed by atoms with van der Waals surface area (Å²) in [6.07, 6.45) is 4.29. The van der Waals surface area contributed by atoms with Crippen molar-refractivity contribution in [3.63, 3.8) is 0 Å². The highest BCUT2D eigenvalue weighted by atomic mass is 35.5. The third-order valence-corrected chi connectivity index (χ3v) is 6.53. The van der Waals surface area contributed by atoms with E-state index in [0.717, 1.165) is 48.5 Å². The Morgan fingerprint density at radius 2 is 1.93 bits per heavy atom. The van der Waals surface area contributed by atoms with Crippen molar-refractivity contribution in [3.05, 3.63) is 59.1 Å². The predicted molar refractivity (Wildman–Crippen MR) is 118 cm³/mol. The third kappa shape index (κ3) is 4.74. The molecule has 1 heterocycles. The van der Waals surface area contributed by atoms with Crippen LogP contribution >= 0.6 is 11.6 Å². The van der Waals surface area contributed by atoms with E-state index in [4.69, 9.17) is 16.6 Å². The molecule has 0 aromatic heterocycles. The van der Waals surface area contributed by atoms with Crippen molar-refractivity contribution in [2.24, 2.45) is 4.99 Å². The summed E-state index contributed by atoms with van der Waals surface area (Å²) in [6.45, 7) is 0.621. The Hall–Kier alpha value is -2.09. The molecular weight excluding hydrogens is 408 g/mol. The van der Waals surface area contributed by atoms with E-state index in [0.29, 0.717) is 11.6 Å². The quantitative estimate of drug-likeness (QED) is 0.685. The molecule has 1 aliphatic carbocycles. The molecule has 3 N–H and O–H groups in total. The molecule has 0 atom stereocenters. The van der Waals surface area contributed by atoms with Gasteiger partial charge in [0.15, 0.2) is 0 Å². The summed E-state index contributed by atoms with van der Waals surface area (Å²) in [5.74, 6) is 0.897. The van der Waals surface area contributed by atoms with Gasteiger partial charge in [-0.05, 0) is 55.5 Å². The van der Waals surface area contributed by atoms with Gasteiger partial charge in [0.05, 0.1) is 23.2 Å². The van der Waals surface area contributed by atoms with E-state index in [9.17, 15) is 8.42 Å². The van der Waals surface area contributed by atoms with Crippen LogP contribution in [0.25, 0.3) is 0 Å². The monoisotopic (exact) mass is 432 g/mol. The maximum absolute atomic E-state index is 11.6. The molecule has 2 aromatic carbocycles. The van der Waals surface area contributed by atoms with Crippen LogP contribution in [-0.4, -0.2) is 32.1 Å². The van der Waals surface area contributed by atoms with Crippen molar-refractivity contribution < 1.29 is 8.42 Å². The molecule has 6 nitrogen and oxygen atoms in total. The van der Waals surface area contributed by atoms with Crippen molar-refractivity contribution in [2.75, 3.05) is 11.6 Å². The molecule has 0 saturated heterocycles. The highest BCUT2D eigenvalue weighted by molar-refractivity contribution is 7.88. The number of amidine groups is 1. The topological polar surface area (TPSA) is 82.6 Å². The number of nitrogens with zero attached hydrogens (tertiary/aromatic N) is 1. The molecule has 1 spiro atoms. The molecule has 1 fully saturated rings. The lowest BCUT2D eigenvalue weighted by molar-refractivity contribution is 0.342. The minimum Gasteiger partial charge on any atom is -0.371 e. The first-order valence-electron chi connectivity index (χ1n) is 9.75. The number of anilines is 1. The van der Waals surface area contributed by atoms with Gasteiger partial charge in [-0.1, -0.05) is 35.9 Å². The van der Waals surface area contributed by atoms with Gasteiger partial charge in [-0.3, -0.25) is 0 Å². The van der Waals surface area contributed by atoms with Gasteiger partial charge in [-0.15, -0.1) is 0 Å². The zero-order valence-electron chi connectivity index (χ0n) is 16.3. The standard InChI is InChI=1S/C21H25ClN4O2S/c1-29(27,28)26-17-9-11-21(12-10-17)20(23-14-15-5-4-6-16(22)13-15)24-18-7-2-3-8-19(18)25-21/h2-8,13,17,25-26H,9-12,14H2,1H3,(H,23,24). The van der Waals surface area contributed by atoms with Crippen LogP contribution in [0.2, 0.25) is 5.02 Å². The van der Waals surface area contributed by atoms with Crippen molar-refractivity contribution >= 4 is 38.8 Å². The maximum atomic E-state index is 11.6. The zero-order valence-corrected chi connectivity index (χ0v) is 17.9. The van der Waals surface area contributed by atoms with E-state index >= 15 is 0 Å². The van der Waals surface area contributed by atoms with Crippen LogP contribution in [0.15, 0.2) is 53.5 Å². The van der Waals surface area contributed by atoms with Crippen LogP contribution in [0.1, 0.15) is 31.2 Å². The second-order valence-electron chi connectivity index (χ2n) is 7.83. The molecule has 0 bridgehead atoms. The second kappa shape index (κ2) is 7.97. The number of hydrogen-bond acceptors (Lipinski definition) is 5. The number of halogens is 1. The average Bonchev–Trinajstić information content (AvgIpc) is 2.67. The van der Waals surface area contributed by atoms with Crippen LogP contribution in [0.3, 0.4) is 0 Å². The molecule has 0 amide bonds. The number of nitrogens with one attached hydrogen (secondary N) is 3. The van der Waals surface area contributed by atoms with Gasteiger partial charge in [0.2, 0.25) is 10.0 Å². The second-order valence-corrected chi connectivity index (χ2v) is 10.0. The van der Waals surface area contributed by atoms with Crippen LogP contribution < -0.4 is 15.4 Å². The van der Waals surface area contributed by atoms with Gasteiger partial charge in [-0.2, -0.15) is 0 Å². The molecule has 8 heteroatoms. The zero-order chi connectivity index (χ0) is 20.5. The molecule has 0 unspecified atom stereocenters. The lowest BCUT2D eigenvalue weighted by Gasteiger charge is -2.44. The predicted octanol–water partition coefficient (Wildman–Crippen LogP) is 3.82. The smallest absolute Gasteiger partial charge is 0.208 e. The van der Waals surface area contributed by atoms with Crippen LogP contribution in [0.4, 0.5) is 11.4 Å². The van der Waals surface area contributed by atoms with Crippen molar-refractivity contribution in [1.82, 2.24) is 10.0 Å². The van der Waals surface area contributed by atoms with Crippen LogP contribution in [-0.2, 0) is 16.6 Å². The number of aliphatic imine (C=N–C) groups is 1. The van der Waals surface area contributed by atoms with Crippen molar-refractivity contribution in [2.45, 2.75) is 43.8 Å². The first kappa shape index (κ1) is 20.2. The number of hydrogen-bond donors (Lipinski definition) is 3. The SMILES string of the molecule is CS(=O)(=O)NC1CCC2(CC1)Nc1ccccc1N=C2NCc1cccc(Cl)c1. The number of fused-ring (bicyclic) bond motifs is 1. The molecule has 1 aliphatic heterocycles. The summed E-state index contributed by atoms with van der Waals surface area (Å²) < 4.78 is 26.0. The van der Waals surface area contributed by atoms with Gasteiger partial charge in [0, 0.05) is 17.6 Å². The number of benzene rings is 2. The van der Waals surface area contributed by atoms with Crippen molar-refractivity contribution in [3.8, 4) is 0 Å². The summed E-state index contributed by atoms with van der Waals surface area (Å²) in [4.78, 5) is 4.93. The van der Waals surface area contributed by atoms with E-state index in [1.165, 1.54) is 6.26 Å². The molecule has 154 valence electrons. The maximum Gasteiger partial charge on any atom is 0.208 e. The first-order valence-corrected chi connectivity index (χ1v) is 12.0. The molecule has 2 aliphatic rings. The Morgan fingerprint density at radius 1 is 1.17 bits per heavy atom. The van der Waals surface area contributed by atoms with Crippen LogP contribution in [0, 0.1) is 0 Å². The van der Waals surface area contributed by atoms with Gasteiger partial charge in [0.25, 0.3) is 0 Å². The van der Waals surface area contributed by atoms with E-state index in [1.54, 1.807) is 0 Å². The molecule has 0 radical (unpaired) electrons. The van der Waals surface area contributed by atoms with Crippen LogP contribution in [0.5, 0.6) is 0 Å². The summed E-state index contributed by atoms with van der Waals surface area (Å²) in [7, 11) is -3.21. The van der Waals surface area contributed by atoms with E-state index in [-0.39, 0.29) is 11.6 Å². The fourth-order valence-electron chi connectivity index (χ4n) is 4.16. The Labute approximate surface area is 176 Å². The van der Waals surface area contributed by atoms with Gasteiger partial charge in [-0.25, -0.2) is 18.1 Å². The van der Waals surface area contributed by atoms with E-state index in [1.807, 2.05) is 48.5 Å². The lowest BCUT2D eigenvalue weighted by atomic mass is 9.77.